The molecule has 3 aromatic carbocycles. The number of rotatable bonds is 5. The first kappa shape index (κ1) is 29.9. The van der Waals surface area contributed by atoms with Crippen molar-refractivity contribution in [1.29, 1.82) is 0 Å². The van der Waals surface area contributed by atoms with Gasteiger partial charge in [0.1, 0.15) is 5.60 Å². The van der Waals surface area contributed by atoms with Gasteiger partial charge in [0.15, 0.2) is 23.3 Å². The third-order valence-corrected chi connectivity index (χ3v) is 4.58. The maximum Gasteiger partial charge on any atom is 0.412 e. The van der Waals surface area contributed by atoms with Crippen LogP contribution in [-0.4, -0.2) is 23.6 Å². The Hall–Kier alpha value is -4.69. The van der Waals surface area contributed by atoms with Gasteiger partial charge in [0.2, 0.25) is 34.8 Å². The number of esters is 2. The summed E-state index contributed by atoms with van der Waals surface area (Å²) in [6.07, 6.45) is -1.16. The van der Waals surface area contributed by atoms with Crippen LogP contribution in [0.4, 0.5) is 45.6 Å². The van der Waals surface area contributed by atoms with E-state index < -0.39 is 98.5 Å². The highest BCUT2D eigenvalue weighted by Gasteiger charge is 2.27. The second kappa shape index (κ2) is 11.2. The second-order valence-corrected chi connectivity index (χ2v) is 8.80. The van der Waals surface area contributed by atoms with Gasteiger partial charge in [0.05, 0.1) is 11.1 Å². The molecule has 0 fully saturated rings. The summed E-state index contributed by atoms with van der Waals surface area (Å²) in [5, 5.41) is 2.09. The van der Waals surface area contributed by atoms with E-state index in [1.54, 1.807) is 0 Å². The Morgan fingerprint density at radius 1 is 0.600 bits per heavy atom. The highest BCUT2D eigenvalue weighted by Crippen LogP contribution is 2.30. The Balaban J connectivity index is 2.05. The van der Waals surface area contributed by atoms with Gasteiger partial charge in [-0.15, -0.1) is 0 Å². The van der Waals surface area contributed by atoms with Gasteiger partial charge in [-0.3, -0.25) is 5.32 Å². The van der Waals surface area contributed by atoms with E-state index in [4.69, 9.17) is 4.74 Å². The van der Waals surface area contributed by atoms with Crippen molar-refractivity contribution in [2.75, 3.05) is 5.32 Å². The number of amides is 1. The molecule has 3 rings (SSSR count). The summed E-state index contributed by atoms with van der Waals surface area (Å²) < 4.78 is 124. The summed E-state index contributed by atoms with van der Waals surface area (Å²) in [5.74, 6) is -23.1. The molecule has 0 bridgehead atoms. The number of nitrogens with one attached hydrogen (secondary N) is 1. The van der Waals surface area contributed by atoms with E-state index in [-0.39, 0.29) is 12.1 Å². The number of halogens is 8. The molecule has 0 aromatic heterocycles. The highest BCUT2D eigenvalue weighted by molar-refractivity contribution is 5.99. The number of benzene rings is 3. The second-order valence-electron chi connectivity index (χ2n) is 8.80. The van der Waals surface area contributed by atoms with Crippen molar-refractivity contribution in [1.82, 2.24) is 0 Å². The van der Waals surface area contributed by atoms with Crippen LogP contribution < -0.4 is 14.8 Å². The zero-order chi connectivity index (χ0) is 30.1. The Morgan fingerprint density at radius 2 is 0.950 bits per heavy atom. The van der Waals surface area contributed by atoms with Crippen molar-refractivity contribution in [2.45, 2.75) is 26.4 Å². The molecule has 0 aliphatic heterocycles. The Bertz CT molecular complexity index is 1390. The number of hydrogen-bond donors (Lipinski definition) is 1. The van der Waals surface area contributed by atoms with Crippen LogP contribution in [0.3, 0.4) is 0 Å². The SMILES string of the molecule is CC(C)(C)OC(=O)Nc1cc(C(=O)Oc2c(F)c(F)cc(F)c2F)cc(C(=O)Oc2c(F)c(F)cc(F)c2F)c1. The van der Waals surface area contributed by atoms with Gasteiger partial charge in [-0.1, -0.05) is 0 Å². The van der Waals surface area contributed by atoms with Crippen LogP contribution in [-0.2, 0) is 4.74 Å². The van der Waals surface area contributed by atoms with Crippen molar-refractivity contribution in [3.05, 3.63) is 88.0 Å². The molecule has 40 heavy (non-hydrogen) atoms. The molecule has 212 valence electrons. The summed E-state index contributed by atoms with van der Waals surface area (Å²) in [5.41, 5.74) is -3.20. The molecule has 0 heterocycles. The highest BCUT2D eigenvalue weighted by atomic mass is 19.2. The van der Waals surface area contributed by atoms with Crippen molar-refractivity contribution < 1.29 is 63.7 Å². The van der Waals surface area contributed by atoms with Crippen molar-refractivity contribution in [3.8, 4) is 11.5 Å². The fourth-order valence-electron chi connectivity index (χ4n) is 2.94. The first-order valence-corrected chi connectivity index (χ1v) is 10.7. The van der Waals surface area contributed by atoms with E-state index >= 15 is 0 Å². The standard InChI is InChI=1S/C25H15F8NO6/c1-25(2,3)40-24(37)34-11-5-9(22(35)38-20-16(30)12(26)7-13(27)17(20)31)4-10(6-11)23(36)39-21-18(32)14(28)8-15(29)19(21)33/h4-8H,1-3H3,(H,34,37). The number of hydrogen-bond acceptors (Lipinski definition) is 6. The van der Waals surface area contributed by atoms with Gasteiger partial charge in [0.25, 0.3) is 0 Å². The van der Waals surface area contributed by atoms with E-state index in [1.807, 2.05) is 0 Å². The maximum absolute atomic E-state index is 14.0. The van der Waals surface area contributed by atoms with Crippen molar-refractivity contribution in [2.24, 2.45) is 0 Å². The summed E-state index contributed by atoms with van der Waals surface area (Å²) in [6, 6.07) is 1.72. The van der Waals surface area contributed by atoms with Crippen LogP contribution in [0.1, 0.15) is 41.5 Å². The molecule has 0 aliphatic carbocycles. The summed E-state index contributed by atoms with van der Waals surface area (Å²) in [7, 11) is 0. The third kappa shape index (κ3) is 6.65. The molecular weight excluding hydrogens is 562 g/mol. The molecule has 0 unspecified atom stereocenters. The summed E-state index contributed by atoms with van der Waals surface area (Å²) >= 11 is 0. The minimum atomic E-state index is -2.09. The van der Waals surface area contributed by atoms with E-state index in [9.17, 15) is 49.5 Å². The molecule has 3 aromatic rings. The Morgan fingerprint density at radius 3 is 1.27 bits per heavy atom. The van der Waals surface area contributed by atoms with Gasteiger partial charge < -0.3 is 14.2 Å². The molecule has 15 heteroatoms. The molecule has 7 nitrogen and oxygen atoms in total. The fraction of sp³-hybridized carbons (Fsp3) is 0.160. The predicted octanol–water partition coefficient (Wildman–Crippen LogP) is 6.58. The van der Waals surface area contributed by atoms with Crippen LogP contribution in [0, 0.1) is 46.5 Å². The van der Waals surface area contributed by atoms with Gasteiger partial charge >= 0.3 is 18.0 Å². The lowest BCUT2D eigenvalue weighted by Crippen LogP contribution is -2.27. The molecule has 1 amide bonds. The number of ether oxygens (including phenoxy) is 3. The van der Waals surface area contributed by atoms with Crippen LogP contribution in [0.15, 0.2) is 30.3 Å². The molecule has 0 spiro atoms. The first-order chi connectivity index (χ1) is 18.5. The number of anilines is 1. The van der Waals surface area contributed by atoms with E-state index in [0.29, 0.717) is 6.07 Å². The quantitative estimate of drug-likeness (QED) is 0.159. The average Bonchev–Trinajstić information content (AvgIpc) is 2.85. The predicted molar refractivity (Wildman–Crippen MR) is 119 cm³/mol. The Labute approximate surface area is 219 Å². The zero-order valence-corrected chi connectivity index (χ0v) is 20.4. The molecular formula is C25H15F8NO6. The minimum absolute atomic E-state index is 0.158. The first-order valence-electron chi connectivity index (χ1n) is 10.7. The van der Waals surface area contributed by atoms with E-state index in [1.165, 1.54) is 20.8 Å². The Kier molecular flexibility index (Phi) is 8.36. The van der Waals surface area contributed by atoms with Crippen LogP contribution in [0.2, 0.25) is 0 Å². The smallest absolute Gasteiger partial charge is 0.412 e. The van der Waals surface area contributed by atoms with E-state index in [2.05, 4.69) is 14.8 Å². The monoisotopic (exact) mass is 577 g/mol. The fourth-order valence-corrected chi connectivity index (χ4v) is 2.94. The summed E-state index contributed by atoms with van der Waals surface area (Å²) in [6.45, 7) is 4.43. The zero-order valence-electron chi connectivity index (χ0n) is 20.4. The molecule has 0 saturated heterocycles. The lowest BCUT2D eigenvalue weighted by Gasteiger charge is -2.20. The topological polar surface area (TPSA) is 90.9 Å². The van der Waals surface area contributed by atoms with Crippen molar-refractivity contribution >= 4 is 23.7 Å². The minimum Gasteiger partial charge on any atom is -0.444 e. The van der Waals surface area contributed by atoms with Gasteiger partial charge in [-0.05, 0) is 39.0 Å². The summed E-state index contributed by atoms with van der Waals surface area (Å²) in [4.78, 5) is 37.4. The van der Waals surface area contributed by atoms with Gasteiger partial charge in [0, 0.05) is 17.8 Å². The van der Waals surface area contributed by atoms with Crippen molar-refractivity contribution in [3.63, 3.8) is 0 Å². The number of carbonyl (C=O) groups excluding carboxylic acids is 3. The number of carbonyl (C=O) groups is 3. The van der Waals surface area contributed by atoms with E-state index in [0.717, 1.165) is 12.1 Å². The lowest BCUT2D eigenvalue weighted by atomic mass is 10.1. The lowest BCUT2D eigenvalue weighted by molar-refractivity contribution is 0.0631. The molecule has 1 N–H and O–H groups in total. The molecule has 0 atom stereocenters. The average molecular weight is 577 g/mol. The van der Waals surface area contributed by atoms with Gasteiger partial charge in [-0.2, -0.15) is 17.6 Å². The third-order valence-electron chi connectivity index (χ3n) is 4.58. The molecule has 0 aliphatic rings. The van der Waals surface area contributed by atoms with Gasteiger partial charge in [-0.25, -0.2) is 31.9 Å². The van der Waals surface area contributed by atoms with Crippen LogP contribution in [0.5, 0.6) is 11.5 Å². The van der Waals surface area contributed by atoms with Crippen LogP contribution >= 0.6 is 0 Å². The van der Waals surface area contributed by atoms with Crippen LogP contribution in [0.25, 0.3) is 0 Å². The normalized spacial score (nSPS) is 11.2. The largest absolute Gasteiger partial charge is 0.444 e. The molecule has 0 radical (unpaired) electrons. The maximum atomic E-state index is 14.0. The molecule has 0 saturated carbocycles.